The van der Waals surface area contributed by atoms with Crippen LogP contribution in [0, 0.1) is 0 Å². The lowest BCUT2D eigenvalue weighted by Gasteiger charge is -2.07. The van der Waals surface area contributed by atoms with Gasteiger partial charge in [-0.2, -0.15) is 5.10 Å². The maximum absolute atomic E-state index is 5.31. The minimum absolute atomic E-state index is 0.718. The van der Waals surface area contributed by atoms with E-state index in [1.165, 1.54) is 11.1 Å². The Morgan fingerprint density at radius 2 is 1.79 bits per heavy atom. The molecule has 0 radical (unpaired) electrons. The summed E-state index contributed by atoms with van der Waals surface area (Å²) in [5.74, 6) is 0.871. The van der Waals surface area contributed by atoms with E-state index in [0.717, 1.165) is 42.2 Å². The van der Waals surface area contributed by atoms with E-state index in [4.69, 9.17) is 9.84 Å². The summed E-state index contributed by atoms with van der Waals surface area (Å²) in [6.07, 6.45) is 5.76. The molecule has 4 rings (SSSR count). The molecular weight excluding hydrogens is 360 g/mol. The summed E-state index contributed by atoms with van der Waals surface area (Å²) in [5.41, 5.74) is 5.55. The van der Waals surface area contributed by atoms with Gasteiger partial charge >= 0.3 is 0 Å². The number of ether oxygens (including phenoxy) is 1. The standard InChI is InChI=1S/C24H24N4O/c1-29-23-11-5-9-20(13-23)14-26-16-22-18-28(17-19-7-3-2-4-8-19)27-24(22)21-10-6-12-25-15-21/h2-13,15,18,26H,14,16-17H2,1H3. The van der Waals surface area contributed by atoms with E-state index in [1.807, 2.05) is 47.3 Å². The molecule has 2 aromatic heterocycles. The van der Waals surface area contributed by atoms with Crippen molar-refractivity contribution in [3.05, 3.63) is 102 Å². The van der Waals surface area contributed by atoms with Crippen molar-refractivity contribution in [2.75, 3.05) is 7.11 Å². The van der Waals surface area contributed by atoms with Gasteiger partial charge in [-0.15, -0.1) is 0 Å². The maximum atomic E-state index is 5.31. The molecule has 146 valence electrons. The third-order valence-electron chi connectivity index (χ3n) is 4.74. The van der Waals surface area contributed by atoms with Gasteiger partial charge in [0.1, 0.15) is 5.75 Å². The van der Waals surface area contributed by atoms with Crippen molar-refractivity contribution >= 4 is 0 Å². The first-order valence-corrected chi connectivity index (χ1v) is 9.66. The van der Waals surface area contributed by atoms with Gasteiger partial charge < -0.3 is 10.1 Å². The van der Waals surface area contributed by atoms with Gasteiger partial charge in [0.05, 0.1) is 19.3 Å². The Kier molecular flexibility index (Phi) is 5.98. The van der Waals surface area contributed by atoms with Crippen LogP contribution in [0.2, 0.25) is 0 Å². The van der Waals surface area contributed by atoms with Crippen LogP contribution in [-0.2, 0) is 19.6 Å². The number of methoxy groups -OCH3 is 1. The number of nitrogens with zero attached hydrogens (tertiary/aromatic N) is 3. The highest BCUT2D eigenvalue weighted by atomic mass is 16.5. The number of benzene rings is 2. The summed E-state index contributed by atoms with van der Waals surface area (Å²) < 4.78 is 7.31. The van der Waals surface area contributed by atoms with Gasteiger partial charge in [-0.25, -0.2) is 0 Å². The third kappa shape index (κ3) is 4.89. The third-order valence-corrected chi connectivity index (χ3v) is 4.74. The van der Waals surface area contributed by atoms with E-state index >= 15 is 0 Å². The summed E-state index contributed by atoms with van der Waals surface area (Å²) >= 11 is 0. The zero-order chi connectivity index (χ0) is 19.9. The fourth-order valence-electron chi connectivity index (χ4n) is 3.31. The molecule has 0 atom stereocenters. The molecule has 1 N–H and O–H groups in total. The first kappa shape index (κ1) is 18.9. The average Bonchev–Trinajstić information content (AvgIpc) is 3.17. The van der Waals surface area contributed by atoms with Gasteiger partial charge in [-0.1, -0.05) is 42.5 Å². The van der Waals surface area contributed by atoms with Crippen molar-refractivity contribution < 1.29 is 4.74 Å². The molecule has 4 aromatic rings. The van der Waals surface area contributed by atoms with Crippen LogP contribution in [-0.4, -0.2) is 21.9 Å². The Bertz CT molecular complexity index is 1040. The SMILES string of the molecule is COc1cccc(CNCc2cn(Cc3ccccc3)nc2-c2cccnc2)c1. The fraction of sp³-hybridized carbons (Fsp3) is 0.167. The molecule has 2 heterocycles. The van der Waals surface area contributed by atoms with Gasteiger partial charge in [0.25, 0.3) is 0 Å². The molecule has 0 aliphatic carbocycles. The summed E-state index contributed by atoms with van der Waals surface area (Å²) in [6.45, 7) is 2.22. The van der Waals surface area contributed by atoms with Crippen LogP contribution in [0.5, 0.6) is 5.75 Å². The molecule has 0 aliphatic rings. The number of rotatable bonds is 8. The maximum Gasteiger partial charge on any atom is 0.119 e. The van der Waals surface area contributed by atoms with E-state index in [-0.39, 0.29) is 0 Å². The molecule has 0 saturated heterocycles. The highest BCUT2D eigenvalue weighted by Crippen LogP contribution is 2.22. The van der Waals surface area contributed by atoms with E-state index < -0.39 is 0 Å². The number of nitrogens with one attached hydrogen (secondary N) is 1. The van der Waals surface area contributed by atoms with E-state index in [9.17, 15) is 0 Å². The van der Waals surface area contributed by atoms with Crippen molar-refractivity contribution in [2.45, 2.75) is 19.6 Å². The minimum atomic E-state index is 0.718. The second kappa shape index (κ2) is 9.17. The lowest BCUT2D eigenvalue weighted by Crippen LogP contribution is -2.13. The lowest BCUT2D eigenvalue weighted by molar-refractivity contribution is 0.414. The Morgan fingerprint density at radius 1 is 0.931 bits per heavy atom. The van der Waals surface area contributed by atoms with Gasteiger partial charge in [0.2, 0.25) is 0 Å². The van der Waals surface area contributed by atoms with Crippen LogP contribution in [0.25, 0.3) is 11.3 Å². The van der Waals surface area contributed by atoms with Crippen molar-refractivity contribution in [3.8, 4) is 17.0 Å². The summed E-state index contributed by atoms with van der Waals surface area (Å²) in [4.78, 5) is 4.26. The minimum Gasteiger partial charge on any atom is -0.497 e. The molecule has 29 heavy (non-hydrogen) atoms. The topological polar surface area (TPSA) is 52.0 Å². The summed E-state index contributed by atoms with van der Waals surface area (Å²) in [7, 11) is 1.69. The first-order chi connectivity index (χ1) is 14.3. The van der Waals surface area contributed by atoms with Gasteiger partial charge in [0, 0.05) is 42.8 Å². The molecule has 0 fully saturated rings. The Hall–Kier alpha value is -3.44. The molecule has 0 amide bonds. The van der Waals surface area contributed by atoms with Crippen LogP contribution in [0.1, 0.15) is 16.7 Å². The normalized spacial score (nSPS) is 10.8. The monoisotopic (exact) mass is 384 g/mol. The number of hydrogen-bond acceptors (Lipinski definition) is 4. The van der Waals surface area contributed by atoms with Gasteiger partial charge in [-0.05, 0) is 35.4 Å². The van der Waals surface area contributed by atoms with E-state index in [0.29, 0.717) is 0 Å². The molecular formula is C24H24N4O. The lowest BCUT2D eigenvalue weighted by atomic mass is 10.1. The highest BCUT2D eigenvalue weighted by molar-refractivity contribution is 5.61. The molecule has 0 spiro atoms. The first-order valence-electron chi connectivity index (χ1n) is 9.66. The molecule has 0 unspecified atom stereocenters. The van der Waals surface area contributed by atoms with Crippen LogP contribution >= 0.6 is 0 Å². The van der Waals surface area contributed by atoms with Crippen LogP contribution in [0.4, 0.5) is 0 Å². The van der Waals surface area contributed by atoms with Gasteiger partial charge in [-0.3, -0.25) is 9.67 Å². The molecule has 0 aliphatic heterocycles. The second-order valence-electron chi connectivity index (χ2n) is 6.88. The molecule has 2 aromatic carbocycles. The van der Waals surface area contributed by atoms with Crippen molar-refractivity contribution in [1.82, 2.24) is 20.1 Å². The zero-order valence-corrected chi connectivity index (χ0v) is 16.5. The highest BCUT2D eigenvalue weighted by Gasteiger charge is 2.12. The van der Waals surface area contributed by atoms with E-state index in [1.54, 1.807) is 13.3 Å². The van der Waals surface area contributed by atoms with E-state index in [2.05, 4.69) is 46.8 Å². The Balaban J connectivity index is 1.52. The number of aromatic nitrogens is 3. The van der Waals surface area contributed by atoms with Crippen LogP contribution in [0.3, 0.4) is 0 Å². The average molecular weight is 384 g/mol. The Labute approximate surface area is 171 Å². The molecule has 5 heteroatoms. The molecule has 0 saturated carbocycles. The van der Waals surface area contributed by atoms with Gasteiger partial charge in [0.15, 0.2) is 0 Å². The fourth-order valence-corrected chi connectivity index (χ4v) is 3.31. The number of pyridine rings is 1. The predicted octanol–water partition coefficient (Wildman–Crippen LogP) is 4.29. The largest absolute Gasteiger partial charge is 0.497 e. The predicted molar refractivity (Wildman–Crippen MR) is 115 cm³/mol. The molecule has 5 nitrogen and oxygen atoms in total. The Morgan fingerprint density at radius 3 is 2.59 bits per heavy atom. The van der Waals surface area contributed by atoms with Crippen molar-refractivity contribution in [1.29, 1.82) is 0 Å². The smallest absolute Gasteiger partial charge is 0.119 e. The van der Waals surface area contributed by atoms with Crippen LogP contribution < -0.4 is 10.1 Å². The summed E-state index contributed by atoms with van der Waals surface area (Å²) in [6, 6.07) is 22.5. The quantitative estimate of drug-likeness (QED) is 0.492. The number of hydrogen-bond donors (Lipinski definition) is 1. The summed E-state index contributed by atoms with van der Waals surface area (Å²) in [5, 5.41) is 8.37. The zero-order valence-electron chi connectivity index (χ0n) is 16.5. The van der Waals surface area contributed by atoms with Crippen LogP contribution in [0.15, 0.2) is 85.3 Å². The van der Waals surface area contributed by atoms with Crippen molar-refractivity contribution in [3.63, 3.8) is 0 Å². The molecule has 0 bridgehead atoms. The van der Waals surface area contributed by atoms with Crippen molar-refractivity contribution in [2.24, 2.45) is 0 Å². The second-order valence-corrected chi connectivity index (χ2v) is 6.88.